The molecule has 0 aliphatic rings. The quantitative estimate of drug-likeness (QED) is 0.731. The predicted octanol–water partition coefficient (Wildman–Crippen LogP) is 1.77. The lowest BCUT2D eigenvalue weighted by atomic mass is 10.3. The van der Waals surface area contributed by atoms with Gasteiger partial charge in [-0.25, -0.2) is 4.39 Å². The number of nitrogens with one attached hydrogen (secondary N) is 1. The fraction of sp³-hybridized carbons (Fsp3) is 0.417. The molecule has 94 valence electrons. The molecule has 1 atom stereocenters. The summed E-state index contributed by atoms with van der Waals surface area (Å²) in [6.07, 6.45) is 0.939. The van der Waals surface area contributed by atoms with Crippen molar-refractivity contribution >= 4 is 17.7 Å². The Morgan fingerprint density at radius 1 is 1.59 bits per heavy atom. The Bertz CT molecular complexity index is 373. The second kappa shape index (κ2) is 7.29. The molecule has 0 bridgehead atoms. The largest absolute Gasteiger partial charge is 0.368 e. The maximum Gasteiger partial charge on any atom is 0.235 e. The third-order valence-corrected chi connectivity index (χ3v) is 3.28. The van der Waals surface area contributed by atoms with Crippen LogP contribution < -0.4 is 11.1 Å². The molecule has 0 fully saturated rings. The highest BCUT2D eigenvalue weighted by Crippen LogP contribution is 2.19. The van der Waals surface area contributed by atoms with E-state index in [1.165, 1.54) is 23.9 Å². The van der Waals surface area contributed by atoms with Gasteiger partial charge in [0, 0.05) is 10.6 Å². The maximum atomic E-state index is 12.9. The van der Waals surface area contributed by atoms with E-state index in [4.69, 9.17) is 5.73 Å². The van der Waals surface area contributed by atoms with Crippen LogP contribution >= 0.6 is 11.8 Å². The Labute approximate surface area is 105 Å². The first kappa shape index (κ1) is 14.0. The van der Waals surface area contributed by atoms with Crippen LogP contribution in [0.1, 0.15) is 13.3 Å². The van der Waals surface area contributed by atoms with Gasteiger partial charge in [-0.15, -0.1) is 11.8 Å². The zero-order valence-corrected chi connectivity index (χ0v) is 10.6. The topological polar surface area (TPSA) is 55.1 Å². The van der Waals surface area contributed by atoms with Crippen LogP contribution in [0.3, 0.4) is 0 Å². The van der Waals surface area contributed by atoms with Crippen LogP contribution in [0.25, 0.3) is 0 Å². The minimum Gasteiger partial charge on any atom is -0.368 e. The van der Waals surface area contributed by atoms with Crippen LogP contribution in [-0.4, -0.2) is 24.2 Å². The molecule has 1 aromatic carbocycles. The number of halogens is 1. The first-order valence-corrected chi connectivity index (χ1v) is 6.53. The zero-order chi connectivity index (χ0) is 12.7. The summed E-state index contributed by atoms with van der Waals surface area (Å²) in [4.78, 5) is 12.0. The Hall–Kier alpha value is -1.07. The van der Waals surface area contributed by atoms with Gasteiger partial charge in [0.05, 0.1) is 6.04 Å². The van der Waals surface area contributed by atoms with Gasteiger partial charge in [-0.2, -0.15) is 0 Å². The minimum atomic E-state index is -0.373. The van der Waals surface area contributed by atoms with Gasteiger partial charge in [0.25, 0.3) is 0 Å². The molecule has 5 heteroatoms. The second-order valence-electron chi connectivity index (χ2n) is 3.68. The van der Waals surface area contributed by atoms with Gasteiger partial charge in [0.15, 0.2) is 0 Å². The van der Waals surface area contributed by atoms with Crippen molar-refractivity contribution in [3.05, 3.63) is 30.1 Å². The second-order valence-corrected chi connectivity index (χ2v) is 4.77. The van der Waals surface area contributed by atoms with Crippen LogP contribution in [0.4, 0.5) is 4.39 Å². The molecule has 1 aromatic rings. The minimum absolute atomic E-state index is 0.271. The molecule has 3 N–H and O–H groups in total. The molecule has 0 saturated heterocycles. The van der Waals surface area contributed by atoms with Gasteiger partial charge < -0.3 is 11.1 Å². The lowest BCUT2D eigenvalue weighted by Gasteiger charge is -2.14. The summed E-state index contributed by atoms with van der Waals surface area (Å²) < 4.78 is 12.9. The summed E-state index contributed by atoms with van der Waals surface area (Å²) in [6.45, 7) is 2.77. The summed E-state index contributed by atoms with van der Waals surface area (Å²) in [5.41, 5.74) is 5.28. The summed E-state index contributed by atoms with van der Waals surface area (Å²) in [5.74, 6) is -0.131. The zero-order valence-electron chi connectivity index (χ0n) is 9.78. The smallest absolute Gasteiger partial charge is 0.235 e. The third kappa shape index (κ3) is 5.19. The average molecular weight is 256 g/mol. The number of benzene rings is 1. The highest BCUT2D eigenvalue weighted by molar-refractivity contribution is 7.99. The molecule has 3 nitrogen and oxygen atoms in total. The fourth-order valence-electron chi connectivity index (χ4n) is 1.30. The normalized spacial score (nSPS) is 12.4. The van der Waals surface area contributed by atoms with Gasteiger partial charge >= 0.3 is 0 Å². The van der Waals surface area contributed by atoms with E-state index in [0.29, 0.717) is 5.75 Å². The Balaban J connectivity index is 2.48. The molecule has 1 amide bonds. The number of thioether (sulfide) groups is 1. The van der Waals surface area contributed by atoms with Gasteiger partial charge in [0.2, 0.25) is 5.91 Å². The number of rotatable bonds is 7. The molecule has 0 aliphatic heterocycles. The van der Waals surface area contributed by atoms with Crippen molar-refractivity contribution < 1.29 is 9.18 Å². The van der Waals surface area contributed by atoms with Gasteiger partial charge in [0.1, 0.15) is 5.82 Å². The van der Waals surface area contributed by atoms with Crippen molar-refractivity contribution in [3.8, 4) is 0 Å². The van der Waals surface area contributed by atoms with Crippen LogP contribution in [-0.2, 0) is 4.79 Å². The summed E-state index contributed by atoms with van der Waals surface area (Å²) in [7, 11) is 0. The summed E-state index contributed by atoms with van der Waals surface area (Å²) >= 11 is 1.42. The number of amides is 1. The highest BCUT2D eigenvalue weighted by Gasteiger charge is 2.14. The van der Waals surface area contributed by atoms with E-state index in [-0.39, 0.29) is 17.8 Å². The van der Waals surface area contributed by atoms with E-state index in [1.54, 1.807) is 6.07 Å². The van der Waals surface area contributed by atoms with Crippen LogP contribution in [0.15, 0.2) is 29.2 Å². The van der Waals surface area contributed by atoms with Crippen molar-refractivity contribution in [1.29, 1.82) is 0 Å². The first-order chi connectivity index (χ1) is 8.13. The lowest BCUT2D eigenvalue weighted by molar-refractivity contribution is -0.119. The van der Waals surface area contributed by atoms with Crippen molar-refractivity contribution in [3.63, 3.8) is 0 Å². The van der Waals surface area contributed by atoms with Gasteiger partial charge in [-0.1, -0.05) is 13.0 Å². The Morgan fingerprint density at radius 3 is 2.94 bits per heavy atom. The van der Waals surface area contributed by atoms with Crippen molar-refractivity contribution in [1.82, 2.24) is 5.32 Å². The molecule has 0 aliphatic carbocycles. The molecule has 1 unspecified atom stereocenters. The summed E-state index contributed by atoms with van der Waals surface area (Å²) in [5, 5.41) is 3.06. The van der Waals surface area contributed by atoms with Crippen molar-refractivity contribution in [2.75, 3.05) is 12.3 Å². The highest BCUT2D eigenvalue weighted by atomic mass is 32.2. The fourth-order valence-corrected chi connectivity index (χ4v) is 2.31. The Morgan fingerprint density at radius 2 is 2.35 bits per heavy atom. The number of carbonyl (C=O) groups excluding carboxylic acids is 1. The molecule has 1 rings (SSSR count). The number of nitrogens with two attached hydrogens (primary N) is 1. The Kier molecular flexibility index (Phi) is 6.00. The van der Waals surface area contributed by atoms with E-state index >= 15 is 0 Å². The maximum absolute atomic E-state index is 12.9. The van der Waals surface area contributed by atoms with Gasteiger partial charge in [-0.05, 0) is 31.2 Å². The lowest BCUT2D eigenvalue weighted by Crippen LogP contribution is -2.43. The van der Waals surface area contributed by atoms with E-state index in [2.05, 4.69) is 5.32 Å². The van der Waals surface area contributed by atoms with E-state index in [0.717, 1.165) is 17.9 Å². The SMILES string of the molecule is CCCNC(CSc1cccc(F)c1)C(N)=O. The first-order valence-electron chi connectivity index (χ1n) is 5.54. The molecular formula is C12H17FN2OS. The number of hydrogen-bond donors (Lipinski definition) is 2. The molecule has 0 spiro atoms. The molecule has 0 radical (unpaired) electrons. The molecule has 0 saturated carbocycles. The van der Waals surface area contributed by atoms with Gasteiger partial charge in [-0.3, -0.25) is 4.79 Å². The molecular weight excluding hydrogens is 239 g/mol. The standard InChI is InChI=1S/C12H17FN2OS/c1-2-6-15-11(12(14)16)8-17-10-5-3-4-9(13)7-10/h3-5,7,11,15H,2,6,8H2,1H3,(H2,14,16). The molecule has 17 heavy (non-hydrogen) atoms. The van der Waals surface area contributed by atoms with E-state index < -0.39 is 0 Å². The molecule has 0 heterocycles. The number of carbonyl (C=O) groups is 1. The number of hydrogen-bond acceptors (Lipinski definition) is 3. The molecule has 0 aromatic heterocycles. The van der Waals surface area contributed by atoms with E-state index in [9.17, 15) is 9.18 Å². The van der Waals surface area contributed by atoms with E-state index in [1.807, 2.05) is 13.0 Å². The van der Waals surface area contributed by atoms with Crippen molar-refractivity contribution in [2.45, 2.75) is 24.3 Å². The summed E-state index contributed by atoms with van der Waals surface area (Å²) in [6, 6.07) is 5.93. The van der Waals surface area contributed by atoms with Crippen LogP contribution in [0, 0.1) is 5.82 Å². The van der Waals surface area contributed by atoms with Crippen molar-refractivity contribution in [2.24, 2.45) is 5.73 Å². The monoisotopic (exact) mass is 256 g/mol. The third-order valence-electron chi connectivity index (χ3n) is 2.20. The van der Waals surface area contributed by atoms with Crippen LogP contribution in [0.5, 0.6) is 0 Å². The average Bonchev–Trinajstić information content (AvgIpc) is 2.28. The van der Waals surface area contributed by atoms with Crippen LogP contribution in [0.2, 0.25) is 0 Å². The predicted molar refractivity (Wildman–Crippen MR) is 68.4 cm³/mol. The number of primary amides is 1.